The third-order valence-corrected chi connectivity index (χ3v) is 2.47. The Balaban J connectivity index is 2.04. The molecule has 0 radical (unpaired) electrons. The minimum atomic E-state index is -0.559. The van der Waals surface area contributed by atoms with Crippen LogP contribution in [0.25, 0.3) is 0 Å². The van der Waals surface area contributed by atoms with Gasteiger partial charge in [-0.1, -0.05) is 0 Å². The normalized spacial score (nSPS) is 20.1. The number of hydrogen-bond acceptors (Lipinski definition) is 3. The molecule has 1 fully saturated rings. The summed E-state index contributed by atoms with van der Waals surface area (Å²) < 4.78 is 24.1. The van der Waals surface area contributed by atoms with Crippen molar-refractivity contribution in [3.63, 3.8) is 0 Å². The van der Waals surface area contributed by atoms with Gasteiger partial charge in [0.2, 0.25) is 0 Å². The van der Waals surface area contributed by atoms with Gasteiger partial charge in [-0.05, 0) is 25.0 Å². The first-order valence-corrected chi connectivity index (χ1v) is 5.27. The Morgan fingerprint density at radius 2 is 2.31 bits per heavy atom. The summed E-state index contributed by atoms with van der Waals surface area (Å²) >= 11 is 0. The van der Waals surface area contributed by atoms with Crippen LogP contribution in [0.4, 0.5) is 4.39 Å². The van der Waals surface area contributed by atoms with Gasteiger partial charge in [-0.25, -0.2) is 4.39 Å². The van der Waals surface area contributed by atoms with Gasteiger partial charge in [0, 0.05) is 12.5 Å². The standard InChI is InChI=1S/C12H12FNO2/c13-11-7-10(5-4-9(11)8-14)16-12-3-1-2-6-15-12/h4-5,7,12H,1-3,6H2. The molecule has 0 bridgehead atoms. The van der Waals surface area contributed by atoms with E-state index in [4.69, 9.17) is 14.7 Å². The summed E-state index contributed by atoms with van der Waals surface area (Å²) in [6, 6.07) is 5.98. The Morgan fingerprint density at radius 1 is 1.44 bits per heavy atom. The summed E-state index contributed by atoms with van der Waals surface area (Å²) in [5.74, 6) is -0.154. The van der Waals surface area contributed by atoms with Crippen molar-refractivity contribution < 1.29 is 13.9 Å². The maximum Gasteiger partial charge on any atom is 0.199 e. The van der Waals surface area contributed by atoms with Crippen LogP contribution in [-0.2, 0) is 4.74 Å². The lowest BCUT2D eigenvalue weighted by Crippen LogP contribution is -2.25. The van der Waals surface area contributed by atoms with E-state index >= 15 is 0 Å². The fourth-order valence-electron chi connectivity index (χ4n) is 1.62. The quantitative estimate of drug-likeness (QED) is 0.770. The van der Waals surface area contributed by atoms with Crippen molar-refractivity contribution >= 4 is 0 Å². The average molecular weight is 221 g/mol. The summed E-state index contributed by atoms with van der Waals surface area (Å²) in [6.45, 7) is 0.684. The van der Waals surface area contributed by atoms with Crippen LogP contribution < -0.4 is 4.74 Å². The SMILES string of the molecule is N#Cc1ccc(OC2CCCCO2)cc1F. The molecule has 1 unspecified atom stereocenters. The van der Waals surface area contributed by atoms with Crippen molar-refractivity contribution in [3.05, 3.63) is 29.6 Å². The molecule has 1 aromatic carbocycles. The Labute approximate surface area is 93.4 Å². The van der Waals surface area contributed by atoms with Crippen molar-refractivity contribution in [2.75, 3.05) is 6.61 Å². The predicted molar refractivity (Wildman–Crippen MR) is 55.3 cm³/mol. The van der Waals surface area contributed by atoms with Crippen molar-refractivity contribution in [3.8, 4) is 11.8 Å². The molecule has 1 aliphatic heterocycles. The fraction of sp³-hybridized carbons (Fsp3) is 0.417. The zero-order chi connectivity index (χ0) is 11.4. The smallest absolute Gasteiger partial charge is 0.199 e. The molecule has 1 aromatic rings. The molecule has 0 aromatic heterocycles. The van der Waals surface area contributed by atoms with Crippen LogP contribution in [-0.4, -0.2) is 12.9 Å². The second kappa shape index (κ2) is 4.95. The molecular weight excluding hydrogens is 209 g/mol. The molecule has 0 amide bonds. The highest BCUT2D eigenvalue weighted by molar-refractivity contribution is 5.36. The summed E-state index contributed by atoms with van der Waals surface area (Å²) in [6.07, 6.45) is 2.63. The van der Waals surface area contributed by atoms with Gasteiger partial charge < -0.3 is 9.47 Å². The van der Waals surface area contributed by atoms with Crippen LogP contribution in [0.1, 0.15) is 24.8 Å². The summed E-state index contributed by atoms with van der Waals surface area (Å²) in [5, 5.41) is 8.58. The van der Waals surface area contributed by atoms with Gasteiger partial charge in [0.15, 0.2) is 6.29 Å². The van der Waals surface area contributed by atoms with Crippen molar-refractivity contribution in [1.82, 2.24) is 0 Å². The highest BCUT2D eigenvalue weighted by Gasteiger charge is 2.15. The minimum absolute atomic E-state index is 0.0249. The zero-order valence-electron chi connectivity index (χ0n) is 8.78. The van der Waals surface area contributed by atoms with Gasteiger partial charge in [0.1, 0.15) is 17.6 Å². The molecule has 2 rings (SSSR count). The third kappa shape index (κ3) is 2.50. The summed E-state index contributed by atoms with van der Waals surface area (Å²) in [7, 11) is 0. The molecule has 4 heteroatoms. The first-order valence-electron chi connectivity index (χ1n) is 5.27. The largest absolute Gasteiger partial charge is 0.465 e. The molecule has 1 saturated heterocycles. The van der Waals surface area contributed by atoms with Gasteiger partial charge in [0.05, 0.1) is 12.2 Å². The number of benzene rings is 1. The maximum absolute atomic E-state index is 13.3. The summed E-state index contributed by atoms with van der Waals surface area (Å²) in [4.78, 5) is 0. The molecule has 0 spiro atoms. The third-order valence-electron chi connectivity index (χ3n) is 2.47. The molecule has 0 saturated carbocycles. The minimum Gasteiger partial charge on any atom is -0.465 e. The van der Waals surface area contributed by atoms with E-state index in [2.05, 4.69) is 0 Å². The van der Waals surface area contributed by atoms with Gasteiger partial charge in [-0.2, -0.15) is 5.26 Å². The van der Waals surface area contributed by atoms with E-state index in [0.717, 1.165) is 19.3 Å². The first-order chi connectivity index (χ1) is 7.79. The van der Waals surface area contributed by atoms with E-state index in [1.807, 2.05) is 0 Å². The Bertz CT molecular complexity index is 408. The molecule has 1 aliphatic rings. The number of hydrogen-bond donors (Lipinski definition) is 0. The van der Waals surface area contributed by atoms with Gasteiger partial charge >= 0.3 is 0 Å². The van der Waals surface area contributed by atoms with Crippen LogP contribution >= 0.6 is 0 Å². The average Bonchev–Trinajstić information content (AvgIpc) is 2.31. The number of ether oxygens (including phenoxy) is 2. The molecule has 3 nitrogen and oxygen atoms in total. The lowest BCUT2D eigenvalue weighted by atomic mass is 10.2. The summed E-state index contributed by atoms with van der Waals surface area (Å²) in [5.41, 5.74) is 0.0249. The lowest BCUT2D eigenvalue weighted by molar-refractivity contribution is -0.106. The predicted octanol–water partition coefficient (Wildman–Crippen LogP) is 2.60. The molecule has 1 atom stereocenters. The van der Waals surface area contributed by atoms with E-state index in [1.54, 1.807) is 12.1 Å². The van der Waals surface area contributed by atoms with Crippen LogP contribution in [0, 0.1) is 17.1 Å². The molecular formula is C12H12FNO2. The van der Waals surface area contributed by atoms with Crippen LogP contribution in [0.3, 0.4) is 0 Å². The van der Waals surface area contributed by atoms with Crippen LogP contribution in [0.15, 0.2) is 18.2 Å². The number of nitrogens with zero attached hydrogens (tertiary/aromatic N) is 1. The highest BCUT2D eigenvalue weighted by Crippen LogP contribution is 2.21. The topological polar surface area (TPSA) is 42.2 Å². The van der Waals surface area contributed by atoms with Gasteiger partial charge in [-0.15, -0.1) is 0 Å². The molecule has 0 N–H and O–H groups in total. The molecule has 1 heterocycles. The van der Waals surface area contributed by atoms with E-state index < -0.39 is 5.82 Å². The second-order valence-corrected chi connectivity index (χ2v) is 3.67. The van der Waals surface area contributed by atoms with Gasteiger partial charge in [-0.3, -0.25) is 0 Å². The number of rotatable bonds is 2. The van der Waals surface area contributed by atoms with E-state index in [9.17, 15) is 4.39 Å². The molecule has 0 aliphatic carbocycles. The van der Waals surface area contributed by atoms with E-state index in [-0.39, 0.29) is 11.9 Å². The van der Waals surface area contributed by atoms with Crippen LogP contribution in [0.2, 0.25) is 0 Å². The van der Waals surface area contributed by atoms with Crippen molar-refractivity contribution in [2.45, 2.75) is 25.6 Å². The maximum atomic E-state index is 13.3. The van der Waals surface area contributed by atoms with Crippen molar-refractivity contribution in [1.29, 1.82) is 5.26 Å². The fourth-order valence-corrected chi connectivity index (χ4v) is 1.62. The van der Waals surface area contributed by atoms with Crippen molar-refractivity contribution in [2.24, 2.45) is 0 Å². The number of nitriles is 1. The Kier molecular flexibility index (Phi) is 3.37. The Hall–Kier alpha value is -1.60. The Morgan fingerprint density at radius 3 is 2.94 bits per heavy atom. The van der Waals surface area contributed by atoms with E-state index in [1.165, 1.54) is 12.1 Å². The van der Waals surface area contributed by atoms with Gasteiger partial charge in [0.25, 0.3) is 0 Å². The molecule has 84 valence electrons. The molecule has 16 heavy (non-hydrogen) atoms. The first kappa shape index (κ1) is 10.9. The monoisotopic (exact) mass is 221 g/mol. The van der Waals surface area contributed by atoms with E-state index in [0.29, 0.717) is 12.4 Å². The zero-order valence-corrected chi connectivity index (χ0v) is 8.78. The lowest BCUT2D eigenvalue weighted by Gasteiger charge is -2.23. The highest BCUT2D eigenvalue weighted by atomic mass is 19.1. The van der Waals surface area contributed by atoms with Crippen LogP contribution in [0.5, 0.6) is 5.75 Å². The number of halogens is 1. The second-order valence-electron chi connectivity index (χ2n) is 3.67.